The summed E-state index contributed by atoms with van der Waals surface area (Å²) in [4.78, 5) is 32.1. The van der Waals surface area contributed by atoms with Gasteiger partial charge in [0.1, 0.15) is 11.6 Å². The molecule has 1 saturated carbocycles. The third-order valence-corrected chi connectivity index (χ3v) is 4.98. The van der Waals surface area contributed by atoms with Crippen LogP contribution in [0.4, 0.5) is 5.82 Å². The summed E-state index contributed by atoms with van der Waals surface area (Å²) in [5, 5.41) is 7.44. The van der Waals surface area contributed by atoms with E-state index in [1.54, 1.807) is 32.9 Å². The molecule has 4 rings (SSSR count). The molecule has 1 fully saturated rings. The Morgan fingerprint density at radius 2 is 2.00 bits per heavy atom. The van der Waals surface area contributed by atoms with Gasteiger partial charge in [0.05, 0.1) is 5.69 Å². The fourth-order valence-corrected chi connectivity index (χ4v) is 2.94. The van der Waals surface area contributed by atoms with Crippen molar-refractivity contribution in [1.82, 2.24) is 19.7 Å². The first-order chi connectivity index (χ1) is 13.9. The number of H-pyrrole nitrogens is 1. The highest BCUT2D eigenvalue weighted by Crippen LogP contribution is 2.40. The molecule has 0 radical (unpaired) electrons. The fraction of sp³-hybridized carbons (Fsp3) is 0.333. The van der Waals surface area contributed by atoms with Crippen molar-refractivity contribution < 1.29 is 9.53 Å². The molecule has 1 aliphatic rings. The van der Waals surface area contributed by atoms with Gasteiger partial charge in [-0.15, -0.1) is 0 Å². The van der Waals surface area contributed by atoms with E-state index in [1.165, 1.54) is 4.68 Å². The Morgan fingerprint density at radius 3 is 2.66 bits per heavy atom. The van der Waals surface area contributed by atoms with Gasteiger partial charge >= 0.3 is 0 Å². The van der Waals surface area contributed by atoms with E-state index in [9.17, 15) is 9.59 Å². The summed E-state index contributed by atoms with van der Waals surface area (Å²) in [7, 11) is 0. The highest BCUT2D eigenvalue weighted by Gasteiger charge is 2.29. The van der Waals surface area contributed by atoms with E-state index in [1.807, 2.05) is 24.3 Å². The summed E-state index contributed by atoms with van der Waals surface area (Å²) in [6, 6.07) is 11.0. The van der Waals surface area contributed by atoms with Gasteiger partial charge in [-0.05, 0) is 45.7 Å². The molecule has 0 aliphatic heterocycles. The van der Waals surface area contributed by atoms with Crippen LogP contribution in [0.2, 0.25) is 0 Å². The molecular formula is C21H23N5O3. The molecule has 0 spiro atoms. The van der Waals surface area contributed by atoms with Crippen LogP contribution in [0.1, 0.15) is 42.6 Å². The van der Waals surface area contributed by atoms with Gasteiger partial charge in [0.15, 0.2) is 6.10 Å². The molecule has 1 aromatic carbocycles. The van der Waals surface area contributed by atoms with Gasteiger partial charge in [0.2, 0.25) is 5.95 Å². The highest BCUT2D eigenvalue weighted by molar-refractivity contribution is 5.93. The molecule has 8 nitrogen and oxygen atoms in total. The first-order valence-electron chi connectivity index (χ1n) is 9.63. The largest absolute Gasteiger partial charge is 0.481 e. The molecule has 8 heteroatoms. The van der Waals surface area contributed by atoms with Crippen molar-refractivity contribution >= 4 is 11.7 Å². The summed E-state index contributed by atoms with van der Waals surface area (Å²) >= 11 is 0. The van der Waals surface area contributed by atoms with Crippen molar-refractivity contribution in [2.24, 2.45) is 0 Å². The molecule has 0 unspecified atom stereocenters. The van der Waals surface area contributed by atoms with Crippen molar-refractivity contribution in [2.75, 3.05) is 5.32 Å². The normalized spacial score (nSPS) is 14.4. The van der Waals surface area contributed by atoms with Crippen LogP contribution in [-0.4, -0.2) is 31.8 Å². The molecule has 1 amide bonds. The summed E-state index contributed by atoms with van der Waals surface area (Å²) in [6.45, 7) is 5.17. The van der Waals surface area contributed by atoms with E-state index in [0.29, 0.717) is 28.7 Å². The SMILES string of the molecule is Cc1nc(-n2nc(C3CC3)cc2NC(=O)[C@@H](C)Oc2ccccc2)[nH]c(=O)c1C. The standard InChI is InChI=1S/C21H23N5O3/c1-12-13(2)22-21(24-19(12)27)26-18(11-17(25-26)15-9-10-15)23-20(28)14(3)29-16-7-5-4-6-8-16/h4-8,11,14-15H,9-10H2,1-3H3,(H,23,28)(H,22,24,27)/t14-/m1/s1. The van der Waals surface area contributed by atoms with Crippen LogP contribution >= 0.6 is 0 Å². The second-order valence-corrected chi connectivity index (χ2v) is 7.30. The highest BCUT2D eigenvalue weighted by atomic mass is 16.5. The second-order valence-electron chi connectivity index (χ2n) is 7.30. The average molecular weight is 393 g/mol. The molecule has 0 saturated heterocycles. The molecule has 3 aromatic rings. The lowest BCUT2D eigenvalue weighted by atomic mass is 10.3. The fourth-order valence-electron chi connectivity index (χ4n) is 2.94. The van der Waals surface area contributed by atoms with E-state index >= 15 is 0 Å². The molecule has 1 atom stereocenters. The summed E-state index contributed by atoms with van der Waals surface area (Å²) < 4.78 is 7.18. The Bertz CT molecular complexity index is 1100. The van der Waals surface area contributed by atoms with Crippen LogP contribution in [0.15, 0.2) is 41.2 Å². The van der Waals surface area contributed by atoms with Crippen LogP contribution in [0.3, 0.4) is 0 Å². The van der Waals surface area contributed by atoms with E-state index in [4.69, 9.17) is 4.74 Å². The molecular weight excluding hydrogens is 370 g/mol. The van der Waals surface area contributed by atoms with Gasteiger partial charge in [0, 0.05) is 23.2 Å². The lowest BCUT2D eigenvalue weighted by Crippen LogP contribution is -2.31. The van der Waals surface area contributed by atoms with Crippen LogP contribution in [0, 0.1) is 13.8 Å². The number of aromatic amines is 1. The lowest BCUT2D eigenvalue weighted by molar-refractivity contribution is -0.122. The zero-order valence-electron chi connectivity index (χ0n) is 16.6. The Labute approximate surface area is 167 Å². The molecule has 2 aromatic heterocycles. The summed E-state index contributed by atoms with van der Waals surface area (Å²) in [5.74, 6) is 1.40. The quantitative estimate of drug-likeness (QED) is 0.670. The molecule has 29 heavy (non-hydrogen) atoms. The third kappa shape index (κ3) is 4.06. The van der Waals surface area contributed by atoms with Crippen LogP contribution < -0.4 is 15.6 Å². The number of nitrogens with zero attached hydrogens (tertiary/aromatic N) is 3. The number of ether oxygens (including phenoxy) is 1. The van der Waals surface area contributed by atoms with Gasteiger partial charge in [0.25, 0.3) is 11.5 Å². The zero-order valence-corrected chi connectivity index (χ0v) is 16.6. The number of para-hydroxylation sites is 1. The molecule has 1 aliphatic carbocycles. The van der Waals surface area contributed by atoms with Crippen LogP contribution in [0.5, 0.6) is 5.75 Å². The van der Waals surface area contributed by atoms with E-state index < -0.39 is 6.10 Å². The minimum absolute atomic E-state index is 0.228. The Morgan fingerprint density at radius 1 is 1.28 bits per heavy atom. The number of carbonyl (C=O) groups excluding carboxylic acids is 1. The van der Waals surface area contributed by atoms with Crippen molar-refractivity contribution in [1.29, 1.82) is 0 Å². The minimum Gasteiger partial charge on any atom is -0.481 e. The minimum atomic E-state index is -0.711. The van der Waals surface area contributed by atoms with E-state index in [0.717, 1.165) is 18.5 Å². The number of amides is 1. The van der Waals surface area contributed by atoms with E-state index in [-0.39, 0.29) is 17.4 Å². The number of hydrogen-bond donors (Lipinski definition) is 2. The molecule has 0 bridgehead atoms. The zero-order chi connectivity index (χ0) is 20.5. The second kappa shape index (κ2) is 7.54. The number of benzene rings is 1. The number of aryl methyl sites for hydroxylation is 1. The third-order valence-electron chi connectivity index (χ3n) is 4.98. The summed E-state index contributed by atoms with van der Waals surface area (Å²) in [5.41, 5.74) is 1.82. The van der Waals surface area contributed by atoms with Crippen LogP contribution in [0.25, 0.3) is 5.95 Å². The number of nitrogens with one attached hydrogen (secondary N) is 2. The molecule has 2 heterocycles. The maximum Gasteiger partial charge on any atom is 0.266 e. The van der Waals surface area contributed by atoms with Crippen molar-refractivity contribution in [3.63, 3.8) is 0 Å². The average Bonchev–Trinajstić information content (AvgIpc) is 3.47. The predicted molar refractivity (Wildman–Crippen MR) is 109 cm³/mol. The number of hydrogen-bond acceptors (Lipinski definition) is 5. The Kier molecular flexibility index (Phi) is 4.92. The lowest BCUT2D eigenvalue weighted by Gasteiger charge is -2.15. The monoisotopic (exact) mass is 393 g/mol. The molecule has 150 valence electrons. The first kappa shape index (κ1) is 18.9. The van der Waals surface area contributed by atoms with Crippen molar-refractivity contribution in [3.8, 4) is 11.7 Å². The van der Waals surface area contributed by atoms with Crippen molar-refractivity contribution in [3.05, 3.63) is 63.7 Å². The maximum atomic E-state index is 12.7. The van der Waals surface area contributed by atoms with Crippen molar-refractivity contribution in [2.45, 2.75) is 45.6 Å². The van der Waals surface area contributed by atoms with E-state index in [2.05, 4.69) is 20.4 Å². The number of rotatable bonds is 6. The first-order valence-corrected chi connectivity index (χ1v) is 9.63. The topological polar surface area (TPSA) is 102 Å². The van der Waals surface area contributed by atoms with Gasteiger partial charge in [-0.3, -0.25) is 14.6 Å². The van der Waals surface area contributed by atoms with Gasteiger partial charge in [-0.25, -0.2) is 4.98 Å². The predicted octanol–water partition coefficient (Wildman–Crippen LogP) is 2.86. The van der Waals surface area contributed by atoms with Gasteiger partial charge in [-0.2, -0.15) is 9.78 Å². The number of anilines is 1. The Hall–Kier alpha value is -3.42. The van der Waals surface area contributed by atoms with Gasteiger partial charge < -0.3 is 10.1 Å². The maximum absolute atomic E-state index is 12.7. The van der Waals surface area contributed by atoms with Gasteiger partial charge in [-0.1, -0.05) is 18.2 Å². The molecule has 2 N–H and O–H groups in total. The Balaban J connectivity index is 1.61. The smallest absolute Gasteiger partial charge is 0.266 e. The number of aromatic nitrogens is 4. The summed E-state index contributed by atoms with van der Waals surface area (Å²) in [6.07, 6.45) is 1.42. The van der Waals surface area contributed by atoms with Crippen LogP contribution in [-0.2, 0) is 4.79 Å². The number of carbonyl (C=O) groups is 1.